The van der Waals surface area contributed by atoms with E-state index in [0.717, 1.165) is 19.6 Å². The number of rotatable bonds is 2. The second-order valence-electron chi connectivity index (χ2n) is 4.52. The van der Waals surface area contributed by atoms with Crippen molar-refractivity contribution in [3.8, 4) is 0 Å². The minimum Gasteiger partial charge on any atom is -0.313 e. The molecule has 0 saturated carbocycles. The smallest absolute Gasteiger partial charge is 0.125 e. The Morgan fingerprint density at radius 3 is 2.88 bits per heavy atom. The fourth-order valence-electron chi connectivity index (χ4n) is 2.03. The molecule has 1 aromatic carbocycles. The topological polar surface area (TPSA) is 15.3 Å². The van der Waals surface area contributed by atoms with E-state index in [4.69, 9.17) is 0 Å². The standard InChI is InChI=1S/C13H19FN2/c1-11-2-4-12(5-3-11)9-16-7-6-15-8-13(14)10-16/h2-5,13,15H,6-10H2,1H3. The Labute approximate surface area is 96.5 Å². The molecule has 2 rings (SSSR count). The van der Waals surface area contributed by atoms with Crippen molar-refractivity contribution in [3.05, 3.63) is 35.4 Å². The Morgan fingerprint density at radius 1 is 1.38 bits per heavy atom. The van der Waals surface area contributed by atoms with Gasteiger partial charge in [-0.3, -0.25) is 4.90 Å². The second-order valence-corrected chi connectivity index (χ2v) is 4.52. The van der Waals surface area contributed by atoms with Gasteiger partial charge < -0.3 is 5.32 Å². The van der Waals surface area contributed by atoms with E-state index in [9.17, 15) is 4.39 Å². The van der Waals surface area contributed by atoms with Crippen LogP contribution in [-0.2, 0) is 6.54 Å². The van der Waals surface area contributed by atoms with Crippen molar-refractivity contribution < 1.29 is 4.39 Å². The van der Waals surface area contributed by atoms with Gasteiger partial charge in [0.15, 0.2) is 0 Å². The predicted octanol–water partition coefficient (Wildman–Crippen LogP) is 1.74. The number of halogens is 1. The summed E-state index contributed by atoms with van der Waals surface area (Å²) in [6.07, 6.45) is -0.743. The molecule has 1 aromatic rings. The molecular weight excluding hydrogens is 203 g/mol. The summed E-state index contributed by atoms with van der Waals surface area (Å²) in [5, 5.41) is 3.11. The largest absolute Gasteiger partial charge is 0.313 e. The van der Waals surface area contributed by atoms with Crippen molar-refractivity contribution >= 4 is 0 Å². The van der Waals surface area contributed by atoms with Gasteiger partial charge in [-0.15, -0.1) is 0 Å². The maximum atomic E-state index is 13.4. The minimum atomic E-state index is -0.743. The van der Waals surface area contributed by atoms with Gasteiger partial charge in [0, 0.05) is 32.7 Å². The zero-order valence-corrected chi connectivity index (χ0v) is 9.75. The van der Waals surface area contributed by atoms with Gasteiger partial charge in [0.25, 0.3) is 0 Å². The van der Waals surface area contributed by atoms with Crippen LogP contribution in [0.2, 0.25) is 0 Å². The number of nitrogens with zero attached hydrogens (tertiary/aromatic N) is 1. The molecule has 3 heteroatoms. The fourth-order valence-corrected chi connectivity index (χ4v) is 2.03. The molecule has 1 unspecified atom stereocenters. The van der Waals surface area contributed by atoms with Crippen LogP contribution in [0.5, 0.6) is 0 Å². The average molecular weight is 222 g/mol. The number of nitrogens with one attached hydrogen (secondary N) is 1. The molecule has 1 atom stereocenters. The second kappa shape index (κ2) is 5.41. The van der Waals surface area contributed by atoms with Crippen LogP contribution in [0.15, 0.2) is 24.3 Å². The highest BCUT2D eigenvalue weighted by Gasteiger charge is 2.16. The van der Waals surface area contributed by atoms with Gasteiger partial charge in [-0.2, -0.15) is 0 Å². The number of benzene rings is 1. The number of aryl methyl sites for hydroxylation is 1. The SMILES string of the molecule is Cc1ccc(CN2CCNCC(F)C2)cc1. The van der Waals surface area contributed by atoms with E-state index in [1.807, 2.05) is 0 Å². The molecule has 0 bridgehead atoms. The van der Waals surface area contributed by atoms with Crippen molar-refractivity contribution in [2.24, 2.45) is 0 Å². The van der Waals surface area contributed by atoms with Gasteiger partial charge >= 0.3 is 0 Å². The van der Waals surface area contributed by atoms with E-state index in [0.29, 0.717) is 13.1 Å². The summed E-state index contributed by atoms with van der Waals surface area (Å²) in [6, 6.07) is 8.47. The molecule has 0 amide bonds. The summed E-state index contributed by atoms with van der Waals surface area (Å²) in [5.74, 6) is 0. The van der Waals surface area contributed by atoms with Gasteiger partial charge in [-0.1, -0.05) is 29.8 Å². The van der Waals surface area contributed by atoms with Gasteiger partial charge in [0.2, 0.25) is 0 Å². The highest BCUT2D eigenvalue weighted by molar-refractivity contribution is 5.21. The van der Waals surface area contributed by atoms with E-state index in [1.165, 1.54) is 11.1 Å². The molecule has 1 aliphatic rings. The molecule has 1 fully saturated rings. The Kier molecular flexibility index (Phi) is 3.91. The molecule has 16 heavy (non-hydrogen) atoms. The lowest BCUT2D eigenvalue weighted by atomic mass is 10.1. The van der Waals surface area contributed by atoms with Crippen molar-refractivity contribution in [3.63, 3.8) is 0 Å². The lowest BCUT2D eigenvalue weighted by Crippen LogP contribution is -2.30. The molecule has 1 heterocycles. The monoisotopic (exact) mass is 222 g/mol. The summed E-state index contributed by atoms with van der Waals surface area (Å²) >= 11 is 0. The third kappa shape index (κ3) is 3.29. The van der Waals surface area contributed by atoms with E-state index in [-0.39, 0.29) is 0 Å². The van der Waals surface area contributed by atoms with Crippen LogP contribution in [0.1, 0.15) is 11.1 Å². The van der Waals surface area contributed by atoms with Crippen molar-refractivity contribution in [2.45, 2.75) is 19.6 Å². The molecule has 88 valence electrons. The third-order valence-corrected chi connectivity index (χ3v) is 2.95. The molecule has 0 spiro atoms. The predicted molar refractivity (Wildman–Crippen MR) is 64.2 cm³/mol. The third-order valence-electron chi connectivity index (χ3n) is 2.95. The normalized spacial score (nSPS) is 23.0. The Morgan fingerprint density at radius 2 is 2.12 bits per heavy atom. The summed E-state index contributed by atoms with van der Waals surface area (Å²) in [4.78, 5) is 2.18. The number of alkyl halides is 1. The summed E-state index contributed by atoms with van der Waals surface area (Å²) < 4.78 is 13.4. The molecule has 0 aromatic heterocycles. The number of hydrogen-bond acceptors (Lipinski definition) is 2. The van der Waals surface area contributed by atoms with Gasteiger partial charge in [0.1, 0.15) is 6.17 Å². The van der Waals surface area contributed by atoms with Crippen molar-refractivity contribution in [1.82, 2.24) is 10.2 Å². The fraction of sp³-hybridized carbons (Fsp3) is 0.538. The number of hydrogen-bond donors (Lipinski definition) is 1. The summed E-state index contributed by atoms with van der Waals surface area (Å²) in [7, 11) is 0. The van der Waals surface area contributed by atoms with Crippen molar-refractivity contribution in [2.75, 3.05) is 26.2 Å². The van der Waals surface area contributed by atoms with E-state index in [1.54, 1.807) is 0 Å². The Bertz CT molecular complexity index is 323. The van der Waals surface area contributed by atoms with Gasteiger partial charge in [-0.25, -0.2) is 4.39 Å². The van der Waals surface area contributed by atoms with E-state index in [2.05, 4.69) is 41.4 Å². The molecule has 2 nitrogen and oxygen atoms in total. The van der Waals surface area contributed by atoms with E-state index >= 15 is 0 Å². The molecule has 1 aliphatic heterocycles. The van der Waals surface area contributed by atoms with Crippen molar-refractivity contribution in [1.29, 1.82) is 0 Å². The zero-order valence-electron chi connectivity index (χ0n) is 9.75. The van der Waals surface area contributed by atoms with Crippen LogP contribution in [-0.4, -0.2) is 37.3 Å². The summed E-state index contributed by atoms with van der Waals surface area (Å²) in [5.41, 5.74) is 2.53. The van der Waals surface area contributed by atoms with Crippen LogP contribution < -0.4 is 5.32 Å². The lowest BCUT2D eigenvalue weighted by Gasteiger charge is -2.20. The van der Waals surface area contributed by atoms with Crippen LogP contribution >= 0.6 is 0 Å². The van der Waals surface area contributed by atoms with Crippen LogP contribution in [0.25, 0.3) is 0 Å². The van der Waals surface area contributed by atoms with Crippen LogP contribution in [0.3, 0.4) is 0 Å². The summed E-state index contributed by atoms with van der Waals surface area (Å²) in [6.45, 7) is 5.77. The van der Waals surface area contributed by atoms with Gasteiger partial charge in [-0.05, 0) is 12.5 Å². The Hall–Kier alpha value is -0.930. The Balaban J connectivity index is 1.95. The maximum absolute atomic E-state index is 13.4. The highest BCUT2D eigenvalue weighted by atomic mass is 19.1. The first-order valence-corrected chi connectivity index (χ1v) is 5.87. The average Bonchev–Trinajstić information content (AvgIpc) is 2.46. The molecule has 1 N–H and O–H groups in total. The zero-order chi connectivity index (χ0) is 11.4. The maximum Gasteiger partial charge on any atom is 0.125 e. The minimum absolute atomic E-state index is 0.490. The molecular formula is C13H19FN2. The van der Waals surface area contributed by atoms with Crippen LogP contribution in [0, 0.1) is 6.92 Å². The molecule has 0 aliphatic carbocycles. The molecule has 1 saturated heterocycles. The first-order valence-electron chi connectivity index (χ1n) is 5.87. The molecule has 0 radical (unpaired) electrons. The lowest BCUT2D eigenvalue weighted by molar-refractivity contribution is 0.210. The highest BCUT2D eigenvalue weighted by Crippen LogP contribution is 2.09. The van der Waals surface area contributed by atoms with E-state index < -0.39 is 6.17 Å². The first-order chi connectivity index (χ1) is 7.74. The van der Waals surface area contributed by atoms with Gasteiger partial charge in [0.05, 0.1) is 0 Å². The van der Waals surface area contributed by atoms with Crippen LogP contribution in [0.4, 0.5) is 4.39 Å². The first kappa shape index (κ1) is 11.6. The quantitative estimate of drug-likeness (QED) is 0.820.